The van der Waals surface area contributed by atoms with Crippen LogP contribution in [0, 0.1) is 28.6 Å². The second-order valence-corrected chi connectivity index (χ2v) is 3.40. The van der Waals surface area contributed by atoms with Crippen molar-refractivity contribution in [3.8, 4) is 6.07 Å². The van der Waals surface area contributed by atoms with Crippen molar-refractivity contribution < 1.29 is 9.53 Å². The molecule has 14 heavy (non-hydrogen) atoms. The summed E-state index contributed by atoms with van der Waals surface area (Å²) in [6.45, 7) is 1.95. The molecule has 76 valence electrons. The summed E-state index contributed by atoms with van der Waals surface area (Å²) in [5, 5.41) is 16.5. The lowest BCUT2D eigenvalue weighted by Gasteiger charge is -2.27. The summed E-state index contributed by atoms with van der Waals surface area (Å²) in [5.41, 5.74) is 0.234. The molecule has 0 aliphatic heterocycles. The van der Waals surface area contributed by atoms with Crippen molar-refractivity contribution in [1.82, 2.24) is 0 Å². The summed E-state index contributed by atoms with van der Waals surface area (Å²) in [7, 11) is 0. The van der Waals surface area contributed by atoms with Gasteiger partial charge in [-0.3, -0.25) is 4.79 Å². The summed E-state index contributed by atoms with van der Waals surface area (Å²) >= 11 is 0. The van der Waals surface area contributed by atoms with Gasteiger partial charge in [-0.15, -0.1) is 0 Å². The fourth-order valence-electron chi connectivity index (χ4n) is 1.43. The van der Waals surface area contributed by atoms with Crippen LogP contribution >= 0.6 is 0 Å². The van der Waals surface area contributed by atoms with Crippen LogP contribution in [-0.2, 0) is 9.53 Å². The highest BCUT2D eigenvalue weighted by Gasteiger charge is 2.32. The number of carbonyl (C=O) groups excluding carboxylic acids is 1. The Morgan fingerprint density at radius 1 is 1.71 bits per heavy atom. The van der Waals surface area contributed by atoms with E-state index in [2.05, 4.69) is 0 Å². The highest BCUT2D eigenvalue weighted by Crippen LogP contribution is 2.30. The van der Waals surface area contributed by atoms with Gasteiger partial charge < -0.3 is 10.1 Å². The Kier molecular flexibility index (Phi) is 3.63. The lowest BCUT2D eigenvalue weighted by atomic mass is 9.77. The molecule has 1 rings (SSSR count). The zero-order valence-corrected chi connectivity index (χ0v) is 8.25. The first-order valence-electron chi connectivity index (χ1n) is 4.85. The average Bonchev–Trinajstić information content (AvgIpc) is 2.02. The summed E-state index contributed by atoms with van der Waals surface area (Å²) in [5.74, 6) is -1.43. The summed E-state index contributed by atoms with van der Waals surface area (Å²) < 4.78 is 4.73. The molecule has 0 aromatic heterocycles. The van der Waals surface area contributed by atoms with Gasteiger partial charge >= 0.3 is 5.97 Å². The third-order valence-electron chi connectivity index (χ3n) is 2.51. The van der Waals surface area contributed by atoms with E-state index in [0.29, 0.717) is 0 Å². The molecule has 1 aliphatic carbocycles. The smallest absolute Gasteiger partial charge is 0.329 e. The van der Waals surface area contributed by atoms with Crippen LogP contribution in [0.25, 0.3) is 0 Å². The molecule has 1 unspecified atom stereocenters. The number of rotatable bonds is 4. The normalized spacial score (nSPS) is 17.7. The summed E-state index contributed by atoms with van der Waals surface area (Å²) in [6, 6.07) is 1.84. The summed E-state index contributed by atoms with van der Waals surface area (Å²) in [4.78, 5) is 11.3. The molecule has 0 amide bonds. The third-order valence-corrected chi connectivity index (χ3v) is 2.51. The van der Waals surface area contributed by atoms with Crippen molar-refractivity contribution in [2.45, 2.75) is 26.2 Å². The van der Waals surface area contributed by atoms with Gasteiger partial charge in [-0.1, -0.05) is 6.42 Å². The van der Waals surface area contributed by atoms with Gasteiger partial charge in [-0.2, -0.15) is 5.26 Å². The van der Waals surface area contributed by atoms with Gasteiger partial charge in [0, 0.05) is 5.71 Å². The Bertz CT molecular complexity index is 276. The molecule has 1 N–H and O–H groups in total. The second kappa shape index (κ2) is 4.75. The van der Waals surface area contributed by atoms with E-state index >= 15 is 0 Å². The van der Waals surface area contributed by atoms with Gasteiger partial charge in [0.25, 0.3) is 0 Å². The molecule has 1 fully saturated rings. The number of esters is 1. The molecule has 0 bridgehead atoms. The molecule has 1 atom stereocenters. The number of ether oxygens (including phenoxy) is 1. The van der Waals surface area contributed by atoms with Crippen LogP contribution in [0.4, 0.5) is 0 Å². The minimum Gasteiger partial charge on any atom is -0.465 e. The van der Waals surface area contributed by atoms with Crippen LogP contribution in [0.2, 0.25) is 0 Å². The average molecular weight is 194 g/mol. The van der Waals surface area contributed by atoms with E-state index in [4.69, 9.17) is 15.4 Å². The largest absolute Gasteiger partial charge is 0.465 e. The van der Waals surface area contributed by atoms with Gasteiger partial charge in [0.1, 0.15) is 0 Å². The maximum Gasteiger partial charge on any atom is 0.329 e. The quantitative estimate of drug-likeness (QED) is 0.544. The minimum absolute atomic E-state index is 0.129. The van der Waals surface area contributed by atoms with Crippen LogP contribution in [-0.4, -0.2) is 18.3 Å². The fourth-order valence-corrected chi connectivity index (χ4v) is 1.43. The van der Waals surface area contributed by atoms with Crippen molar-refractivity contribution in [3.05, 3.63) is 0 Å². The van der Waals surface area contributed by atoms with Gasteiger partial charge in [0.15, 0.2) is 5.92 Å². The number of nitriles is 1. The number of nitrogens with zero attached hydrogens (tertiary/aromatic N) is 1. The molecule has 0 heterocycles. The monoisotopic (exact) mass is 194 g/mol. The first-order chi connectivity index (χ1) is 6.70. The first kappa shape index (κ1) is 10.7. The number of carbonyl (C=O) groups is 1. The van der Waals surface area contributed by atoms with E-state index in [1.165, 1.54) is 0 Å². The third kappa shape index (κ3) is 2.11. The number of hydrogen-bond donors (Lipinski definition) is 1. The Labute approximate surface area is 83.4 Å². The van der Waals surface area contributed by atoms with E-state index in [1.54, 1.807) is 6.92 Å². The molecule has 0 aromatic rings. The minimum atomic E-state index is -0.986. The molecular formula is C10H14N2O2. The molecule has 4 heteroatoms. The van der Waals surface area contributed by atoms with E-state index in [9.17, 15) is 4.79 Å². The SMILES string of the molecule is CCOC(=O)C(C#N)C(=N)C1CCC1. The molecule has 0 radical (unpaired) electrons. The van der Waals surface area contributed by atoms with Crippen LogP contribution in [0.15, 0.2) is 0 Å². The van der Waals surface area contributed by atoms with Gasteiger partial charge in [-0.05, 0) is 25.7 Å². The van der Waals surface area contributed by atoms with Gasteiger partial charge in [-0.25, -0.2) is 0 Å². The molecule has 0 aromatic carbocycles. The van der Waals surface area contributed by atoms with E-state index in [1.807, 2.05) is 6.07 Å². The molecule has 1 aliphatic rings. The lowest BCUT2D eigenvalue weighted by molar-refractivity contribution is -0.144. The fraction of sp³-hybridized carbons (Fsp3) is 0.700. The highest BCUT2D eigenvalue weighted by molar-refractivity contribution is 6.04. The molecule has 4 nitrogen and oxygen atoms in total. The molecule has 1 saturated carbocycles. The van der Waals surface area contributed by atoms with E-state index < -0.39 is 11.9 Å². The maximum atomic E-state index is 11.3. The number of hydrogen-bond acceptors (Lipinski definition) is 4. The zero-order valence-electron chi connectivity index (χ0n) is 8.25. The maximum absolute atomic E-state index is 11.3. The van der Waals surface area contributed by atoms with Crippen LogP contribution in [0.3, 0.4) is 0 Å². The lowest BCUT2D eigenvalue weighted by Crippen LogP contribution is -2.33. The van der Waals surface area contributed by atoms with Crippen LogP contribution < -0.4 is 0 Å². The predicted octanol–water partition coefficient (Wildman–Crippen LogP) is 1.51. The van der Waals surface area contributed by atoms with Crippen LogP contribution in [0.1, 0.15) is 26.2 Å². The molecule has 0 spiro atoms. The van der Waals surface area contributed by atoms with Crippen molar-refractivity contribution in [3.63, 3.8) is 0 Å². The zero-order chi connectivity index (χ0) is 10.6. The Balaban J connectivity index is 2.57. The van der Waals surface area contributed by atoms with Gasteiger partial charge in [0.2, 0.25) is 0 Å². The van der Waals surface area contributed by atoms with Gasteiger partial charge in [0.05, 0.1) is 12.7 Å². The van der Waals surface area contributed by atoms with Crippen molar-refractivity contribution in [2.24, 2.45) is 11.8 Å². The predicted molar refractivity (Wildman–Crippen MR) is 50.8 cm³/mol. The Morgan fingerprint density at radius 2 is 2.36 bits per heavy atom. The Hall–Kier alpha value is -1.37. The topological polar surface area (TPSA) is 73.9 Å². The van der Waals surface area contributed by atoms with Crippen LogP contribution in [0.5, 0.6) is 0 Å². The van der Waals surface area contributed by atoms with E-state index in [0.717, 1.165) is 19.3 Å². The standard InChI is InChI=1S/C10H14N2O2/c1-2-14-10(13)8(6-11)9(12)7-4-3-5-7/h7-8,12H,2-5H2,1H3. The van der Waals surface area contributed by atoms with Crippen molar-refractivity contribution >= 4 is 11.7 Å². The molecule has 0 saturated heterocycles. The number of nitrogens with one attached hydrogen (secondary N) is 1. The highest BCUT2D eigenvalue weighted by atomic mass is 16.5. The molecular weight excluding hydrogens is 180 g/mol. The van der Waals surface area contributed by atoms with Crippen molar-refractivity contribution in [2.75, 3.05) is 6.61 Å². The first-order valence-corrected chi connectivity index (χ1v) is 4.85. The Morgan fingerprint density at radius 3 is 2.71 bits per heavy atom. The second-order valence-electron chi connectivity index (χ2n) is 3.40. The summed E-state index contributed by atoms with van der Waals surface area (Å²) in [6.07, 6.45) is 2.95. The van der Waals surface area contributed by atoms with E-state index in [-0.39, 0.29) is 18.2 Å². The van der Waals surface area contributed by atoms with Crippen molar-refractivity contribution in [1.29, 1.82) is 10.7 Å².